The minimum Gasteiger partial charge on any atom is -0.461 e. The summed E-state index contributed by atoms with van der Waals surface area (Å²) in [5.74, 6) is 0.960. The molecule has 0 aliphatic heterocycles. The molecule has 3 aromatic rings. The molecule has 0 atom stereocenters. The Morgan fingerprint density at radius 3 is 2.77 bits per heavy atom. The molecule has 0 aliphatic carbocycles. The van der Waals surface area contributed by atoms with Crippen molar-refractivity contribution in [1.29, 1.82) is 0 Å². The first-order chi connectivity index (χ1) is 10.6. The zero-order chi connectivity index (χ0) is 15.5. The summed E-state index contributed by atoms with van der Waals surface area (Å²) in [7, 11) is 0. The van der Waals surface area contributed by atoms with Gasteiger partial charge in [-0.05, 0) is 42.0 Å². The van der Waals surface area contributed by atoms with Gasteiger partial charge in [0.15, 0.2) is 5.76 Å². The highest BCUT2D eigenvalue weighted by atomic mass is 32.1. The quantitative estimate of drug-likeness (QED) is 0.345. The normalized spacial score (nSPS) is 11.1. The lowest BCUT2D eigenvalue weighted by atomic mass is 10.2. The van der Waals surface area contributed by atoms with Gasteiger partial charge in [0.25, 0.3) is 5.69 Å². The molecule has 9 heteroatoms. The van der Waals surface area contributed by atoms with E-state index >= 15 is 0 Å². The van der Waals surface area contributed by atoms with Gasteiger partial charge in [-0.3, -0.25) is 10.1 Å². The van der Waals surface area contributed by atoms with Gasteiger partial charge in [-0.1, -0.05) is 0 Å². The number of non-ortho nitro benzene ring substituents is 1. The first-order valence-corrected chi connectivity index (χ1v) is 6.56. The van der Waals surface area contributed by atoms with E-state index in [9.17, 15) is 10.1 Å². The molecule has 2 aromatic heterocycles. The van der Waals surface area contributed by atoms with Gasteiger partial charge in [-0.2, -0.15) is 9.78 Å². The summed E-state index contributed by atoms with van der Waals surface area (Å²) >= 11 is 5.12. The van der Waals surface area contributed by atoms with Gasteiger partial charge < -0.3 is 4.42 Å². The first-order valence-electron chi connectivity index (χ1n) is 6.15. The Hall–Kier alpha value is -3.07. The van der Waals surface area contributed by atoms with Crippen LogP contribution in [-0.4, -0.2) is 26.0 Å². The van der Waals surface area contributed by atoms with E-state index in [4.69, 9.17) is 16.6 Å². The minimum atomic E-state index is -0.456. The average Bonchev–Trinajstić information content (AvgIpc) is 3.15. The molecule has 3 rings (SSSR count). The van der Waals surface area contributed by atoms with Crippen molar-refractivity contribution in [3.05, 3.63) is 63.1 Å². The average molecular weight is 315 g/mol. The fourth-order valence-electron chi connectivity index (χ4n) is 1.77. The molecule has 0 spiro atoms. The number of aromatic nitrogens is 3. The van der Waals surface area contributed by atoms with E-state index in [0.29, 0.717) is 21.9 Å². The van der Waals surface area contributed by atoms with Crippen LogP contribution in [0.5, 0.6) is 0 Å². The van der Waals surface area contributed by atoms with Crippen LogP contribution in [0.25, 0.3) is 11.6 Å². The van der Waals surface area contributed by atoms with Crippen molar-refractivity contribution in [2.24, 2.45) is 5.10 Å². The highest BCUT2D eigenvalue weighted by molar-refractivity contribution is 7.71. The Bertz CT molecular complexity index is 877. The van der Waals surface area contributed by atoms with Crippen LogP contribution < -0.4 is 0 Å². The predicted molar refractivity (Wildman–Crippen MR) is 81.2 cm³/mol. The van der Waals surface area contributed by atoms with Crippen molar-refractivity contribution in [3.8, 4) is 11.6 Å². The molecule has 0 aliphatic rings. The predicted octanol–water partition coefficient (Wildman–Crippen LogP) is 2.99. The van der Waals surface area contributed by atoms with E-state index in [1.54, 1.807) is 24.3 Å². The van der Waals surface area contributed by atoms with Crippen LogP contribution in [0.2, 0.25) is 0 Å². The molecule has 8 nitrogen and oxygen atoms in total. The third-order valence-corrected chi connectivity index (χ3v) is 3.08. The van der Waals surface area contributed by atoms with Gasteiger partial charge in [0.2, 0.25) is 10.6 Å². The van der Waals surface area contributed by atoms with Gasteiger partial charge in [0.05, 0.1) is 17.4 Å². The topological polar surface area (TPSA) is 102 Å². The molecule has 110 valence electrons. The molecular formula is C13H9N5O3S. The number of H-pyrrole nitrogens is 1. The number of nitrogens with one attached hydrogen (secondary N) is 1. The molecule has 22 heavy (non-hydrogen) atoms. The zero-order valence-corrected chi connectivity index (χ0v) is 11.9. The van der Waals surface area contributed by atoms with Crippen molar-refractivity contribution in [1.82, 2.24) is 14.9 Å². The van der Waals surface area contributed by atoms with Gasteiger partial charge in [-0.25, -0.2) is 5.10 Å². The molecule has 0 radical (unpaired) electrons. The molecule has 1 aromatic carbocycles. The van der Waals surface area contributed by atoms with Crippen LogP contribution in [0.4, 0.5) is 5.69 Å². The lowest BCUT2D eigenvalue weighted by Gasteiger charge is -1.97. The van der Waals surface area contributed by atoms with Gasteiger partial charge >= 0.3 is 0 Å². The fraction of sp³-hybridized carbons (Fsp3) is 0. The van der Waals surface area contributed by atoms with Gasteiger partial charge in [-0.15, -0.1) is 5.10 Å². The maximum absolute atomic E-state index is 10.6. The Kier molecular flexibility index (Phi) is 3.62. The number of nitro groups is 1. The number of rotatable bonds is 4. The number of aromatic amines is 1. The summed E-state index contributed by atoms with van der Waals surface area (Å²) in [6.45, 7) is 0. The minimum absolute atomic E-state index is 0.0216. The number of hydrogen-bond acceptors (Lipinski definition) is 6. The number of nitro benzene ring substituents is 1. The summed E-state index contributed by atoms with van der Waals surface area (Å²) in [5.41, 5.74) is 0.715. The number of nitrogens with zero attached hydrogens (tertiary/aromatic N) is 4. The molecule has 0 saturated heterocycles. The monoisotopic (exact) mass is 315 g/mol. The van der Waals surface area contributed by atoms with Crippen LogP contribution in [0, 0.1) is 14.9 Å². The van der Waals surface area contributed by atoms with Crippen LogP contribution in [0.1, 0.15) is 5.56 Å². The lowest BCUT2D eigenvalue weighted by molar-refractivity contribution is -0.384. The second-order valence-electron chi connectivity index (χ2n) is 4.23. The number of benzene rings is 1. The summed E-state index contributed by atoms with van der Waals surface area (Å²) in [4.78, 5) is 10.2. The van der Waals surface area contributed by atoms with E-state index < -0.39 is 4.92 Å². The molecule has 0 unspecified atom stereocenters. The maximum Gasteiger partial charge on any atom is 0.269 e. The van der Waals surface area contributed by atoms with Gasteiger partial charge in [0, 0.05) is 12.1 Å². The molecule has 0 fully saturated rings. The molecule has 0 bridgehead atoms. The zero-order valence-electron chi connectivity index (χ0n) is 11.0. The molecule has 1 N–H and O–H groups in total. The Labute approximate surface area is 128 Å². The van der Waals surface area contributed by atoms with Crippen molar-refractivity contribution >= 4 is 24.1 Å². The molecule has 0 saturated carbocycles. The third kappa shape index (κ3) is 2.69. The Morgan fingerprint density at radius 2 is 2.14 bits per heavy atom. The number of hydrogen-bond donors (Lipinski definition) is 1. The van der Waals surface area contributed by atoms with Crippen LogP contribution in [-0.2, 0) is 0 Å². The van der Waals surface area contributed by atoms with Crippen molar-refractivity contribution in [3.63, 3.8) is 0 Å². The summed E-state index contributed by atoms with van der Waals surface area (Å²) in [5, 5.41) is 21.5. The first kappa shape index (κ1) is 13.9. The largest absolute Gasteiger partial charge is 0.461 e. The SMILES string of the molecule is O=[N+]([O-])c1ccc(C=Nn2c(-c3ccco3)n[nH]c2=S)cc1. The van der Waals surface area contributed by atoms with Crippen LogP contribution >= 0.6 is 12.2 Å². The summed E-state index contributed by atoms with van der Waals surface area (Å²) in [6, 6.07) is 9.48. The smallest absolute Gasteiger partial charge is 0.269 e. The second kappa shape index (κ2) is 5.74. The highest BCUT2D eigenvalue weighted by Crippen LogP contribution is 2.17. The lowest BCUT2D eigenvalue weighted by Crippen LogP contribution is -1.94. The van der Waals surface area contributed by atoms with Crippen LogP contribution in [0.15, 0.2) is 52.2 Å². The number of furan rings is 1. The summed E-state index contributed by atoms with van der Waals surface area (Å²) < 4.78 is 6.99. The highest BCUT2D eigenvalue weighted by Gasteiger charge is 2.10. The van der Waals surface area contributed by atoms with Gasteiger partial charge in [0.1, 0.15) is 0 Å². The Morgan fingerprint density at radius 1 is 1.36 bits per heavy atom. The van der Waals surface area contributed by atoms with E-state index in [1.807, 2.05) is 0 Å². The van der Waals surface area contributed by atoms with Crippen molar-refractivity contribution in [2.75, 3.05) is 0 Å². The standard InChI is InChI=1S/C13H9N5O3S/c19-18(20)10-5-3-9(4-6-10)8-14-17-12(15-16-13(17)22)11-2-1-7-21-11/h1-8H,(H,16,22). The van der Waals surface area contributed by atoms with E-state index in [2.05, 4.69) is 15.3 Å². The van der Waals surface area contributed by atoms with Crippen LogP contribution in [0.3, 0.4) is 0 Å². The Balaban J connectivity index is 1.91. The van der Waals surface area contributed by atoms with E-state index in [1.165, 1.54) is 29.3 Å². The fourth-order valence-corrected chi connectivity index (χ4v) is 1.95. The van der Waals surface area contributed by atoms with E-state index in [0.717, 1.165) is 0 Å². The van der Waals surface area contributed by atoms with Crippen molar-refractivity contribution in [2.45, 2.75) is 0 Å². The van der Waals surface area contributed by atoms with Crippen molar-refractivity contribution < 1.29 is 9.34 Å². The second-order valence-corrected chi connectivity index (χ2v) is 4.62. The molecule has 0 amide bonds. The summed E-state index contributed by atoms with van der Waals surface area (Å²) in [6.07, 6.45) is 3.05. The molecular weight excluding hydrogens is 306 g/mol. The third-order valence-electron chi connectivity index (χ3n) is 2.82. The van der Waals surface area contributed by atoms with E-state index in [-0.39, 0.29) is 5.69 Å². The molecule has 2 heterocycles. The maximum atomic E-state index is 10.6.